The molecule has 18 heavy (non-hydrogen) atoms. The quantitative estimate of drug-likeness (QED) is 0.810. The highest BCUT2D eigenvalue weighted by atomic mass is 32.1. The molecule has 0 saturated heterocycles. The first kappa shape index (κ1) is 12.5. The van der Waals surface area contributed by atoms with Crippen molar-refractivity contribution in [2.45, 2.75) is 19.4 Å². The molecule has 5 nitrogen and oxygen atoms in total. The Kier molecular flexibility index (Phi) is 3.88. The summed E-state index contributed by atoms with van der Waals surface area (Å²) < 4.78 is 2.06. The van der Waals surface area contributed by atoms with Gasteiger partial charge in [-0.2, -0.15) is 0 Å². The van der Waals surface area contributed by atoms with Gasteiger partial charge in [0.15, 0.2) is 0 Å². The van der Waals surface area contributed by atoms with Gasteiger partial charge in [0.2, 0.25) is 0 Å². The van der Waals surface area contributed by atoms with Crippen molar-refractivity contribution in [2.75, 3.05) is 0 Å². The molecule has 2 aromatic heterocycles. The van der Waals surface area contributed by atoms with Gasteiger partial charge in [-0.25, -0.2) is 9.97 Å². The molecule has 6 heteroatoms. The van der Waals surface area contributed by atoms with E-state index in [1.54, 1.807) is 17.5 Å². The fraction of sp³-hybridized carbons (Fsp3) is 0.250. The summed E-state index contributed by atoms with van der Waals surface area (Å²) in [6.07, 6.45) is 11.0. The first-order valence-electron chi connectivity index (χ1n) is 5.66. The van der Waals surface area contributed by atoms with Crippen LogP contribution >= 0.6 is 11.3 Å². The normalized spacial score (nSPS) is 13.5. The van der Waals surface area contributed by atoms with Crippen molar-refractivity contribution < 1.29 is 0 Å². The summed E-state index contributed by atoms with van der Waals surface area (Å²) in [4.78, 5) is 9.54. The molecule has 0 aromatic carbocycles. The monoisotopic (exact) mass is 261 g/mol. The largest absolute Gasteiger partial charge is 0.404 e. The van der Waals surface area contributed by atoms with E-state index in [0.717, 1.165) is 16.3 Å². The lowest BCUT2D eigenvalue weighted by molar-refractivity contribution is 0.574. The van der Waals surface area contributed by atoms with Crippen molar-refractivity contribution in [1.82, 2.24) is 14.5 Å². The van der Waals surface area contributed by atoms with Crippen LogP contribution in [-0.2, 0) is 0 Å². The first-order chi connectivity index (χ1) is 8.80. The molecule has 1 atom stereocenters. The number of rotatable bonds is 5. The molecule has 0 radical (unpaired) electrons. The Balaban J connectivity index is 2.31. The predicted molar refractivity (Wildman–Crippen MR) is 73.7 cm³/mol. The van der Waals surface area contributed by atoms with Gasteiger partial charge in [0.1, 0.15) is 5.01 Å². The highest BCUT2D eigenvalue weighted by Gasteiger charge is 2.15. The summed E-state index contributed by atoms with van der Waals surface area (Å²) in [5, 5.41) is 8.06. The number of allylic oxidation sites excluding steroid dienone is 1. The Hall–Kier alpha value is -1.95. The van der Waals surface area contributed by atoms with Crippen molar-refractivity contribution >= 4 is 23.1 Å². The van der Waals surface area contributed by atoms with Crippen LogP contribution in [0.4, 0.5) is 0 Å². The van der Waals surface area contributed by atoms with Crippen LogP contribution in [0.15, 0.2) is 31.1 Å². The van der Waals surface area contributed by atoms with E-state index in [0.29, 0.717) is 5.57 Å². The number of aromatic nitrogens is 3. The molecule has 0 spiro atoms. The van der Waals surface area contributed by atoms with E-state index in [1.165, 1.54) is 12.4 Å². The van der Waals surface area contributed by atoms with E-state index in [9.17, 15) is 0 Å². The van der Waals surface area contributed by atoms with Crippen LogP contribution < -0.4 is 5.73 Å². The molecule has 94 valence electrons. The standard InChI is InChI=1S/C12H15N5S/c1-2-10(17-4-3-15-8-17)11-7-16-12(18-11)9(5-13)6-14/h3-8,10,13H,2,14H2,1H3/b9-6+,13-5?. The number of nitrogens with two attached hydrogens (primary N) is 1. The lowest BCUT2D eigenvalue weighted by Crippen LogP contribution is -2.05. The van der Waals surface area contributed by atoms with Crippen molar-refractivity contribution in [3.63, 3.8) is 0 Å². The number of thiazole rings is 1. The number of hydrogen-bond donors (Lipinski definition) is 2. The summed E-state index contributed by atoms with van der Waals surface area (Å²) in [5.41, 5.74) is 6.11. The lowest BCUT2D eigenvalue weighted by atomic mass is 10.2. The molecule has 2 heterocycles. The van der Waals surface area contributed by atoms with E-state index in [4.69, 9.17) is 11.1 Å². The lowest BCUT2D eigenvalue weighted by Gasteiger charge is -2.13. The predicted octanol–water partition coefficient (Wildman–Crippen LogP) is 2.29. The van der Waals surface area contributed by atoms with Gasteiger partial charge in [0.05, 0.1) is 12.4 Å². The third kappa shape index (κ3) is 2.33. The average Bonchev–Trinajstić information content (AvgIpc) is 3.04. The second-order valence-electron chi connectivity index (χ2n) is 3.77. The van der Waals surface area contributed by atoms with E-state index in [2.05, 4.69) is 21.5 Å². The molecule has 0 aliphatic carbocycles. The summed E-state index contributed by atoms with van der Waals surface area (Å²) in [5.74, 6) is 0. The van der Waals surface area contributed by atoms with Crippen LogP contribution in [0.3, 0.4) is 0 Å². The third-order valence-corrected chi connectivity index (χ3v) is 3.85. The van der Waals surface area contributed by atoms with Crippen LogP contribution in [0.25, 0.3) is 5.57 Å². The van der Waals surface area contributed by atoms with Gasteiger partial charge >= 0.3 is 0 Å². The van der Waals surface area contributed by atoms with Gasteiger partial charge in [-0.05, 0) is 6.42 Å². The maximum Gasteiger partial charge on any atom is 0.126 e. The Morgan fingerprint density at radius 1 is 1.67 bits per heavy atom. The van der Waals surface area contributed by atoms with Crippen LogP contribution in [0.2, 0.25) is 0 Å². The minimum absolute atomic E-state index is 0.239. The Morgan fingerprint density at radius 3 is 3.06 bits per heavy atom. The molecule has 0 amide bonds. The topological polar surface area (TPSA) is 80.6 Å². The molecule has 2 aromatic rings. The number of nitrogens with zero attached hydrogens (tertiary/aromatic N) is 3. The zero-order valence-electron chi connectivity index (χ0n) is 10.1. The van der Waals surface area contributed by atoms with E-state index in [1.807, 2.05) is 18.7 Å². The van der Waals surface area contributed by atoms with Crippen molar-refractivity contribution in [2.24, 2.45) is 5.73 Å². The number of hydrogen-bond acceptors (Lipinski definition) is 5. The maximum absolute atomic E-state index is 7.28. The van der Waals surface area contributed by atoms with Gasteiger partial charge in [-0.3, -0.25) is 0 Å². The number of imidazole rings is 1. The molecule has 2 rings (SSSR count). The van der Waals surface area contributed by atoms with Crippen LogP contribution in [0.1, 0.15) is 29.3 Å². The average molecular weight is 261 g/mol. The minimum atomic E-state index is 0.239. The van der Waals surface area contributed by atoms with Gasteiger partial charge in [-0.15, -0.1) is 11.3 Å². The third-order valence-electron chi connectivity index (χ3n) is 2.71. The highest BCUT2D eigenvalue weighted by molar-refractivity contribution is 7.13. The Bertz CT molecular complexity index is 541. The Morgan fingerprint density at radius 2 is 2.50 bits per heavy atom. The summed E-state index contributed by atoms with van der Waals surface area (Å²) in [6, 6.07) is 0.239. The van der Waals surface area contributed by atoms with Gasteiger partial charge in [0.25, 0.3) is 0 Å². The first-order valence-corrected chi connectivity index (χ1v) is 6.47. The molecule has 0 bridgehead atoms. The SMILES string of the molecule is CCC(c1cnc(/C(C=N)=C/N)s1)n1ccnc1. The maximum atomic E-state index is 7.28. The van der Waals surface area contributed by atoms with Crippen LogP contribution in [0, 0.1) is 5.41 Å². The highest BCUT2D eigenvalue weighted by Crippen LogP contribution is 2.29. The van der Waals surface area contributed by atoms with Crippen molar-refractivity contribution in [3.8, 4) is 0 Å². The smallest absolute Gasteiger partial charge is 0.126 e. The van der Waals surface area contributed by atoms with E-state index >= 15 is 0 Å². The zero-order valence-corrected chi connectivity index (χ0v) is 10.9. The molecule has 0 fully saturated rings. The second kappa shape index (κ2) is 5.59. The second-order valence-corrected chi connectivity index (χ2v) is 4.83. The van der Waals surface area contributed by atoms with E-state index < -0.39 is 0 Å². The van der Waals surface area contributed by atoms with E-state index in [-0.39, 0.29) is 6.04 Å². The molecule has 3 N–H and O–H groups in total. The van der Waals surface area contributed by atoms with Crippen molar-refractivity contribution in [3.05, 3.63) is 41.0 Å². The summed E-state index contributed by atoms with van der Waals surface area (Å²) >= 11 is 1.56. The molecule has 1 unspecified atom stereocenters. The van der Waals surface area contributed by atoms with Crippen LogP contribution in [0.5, 0.6) is 0 Å². The van der Waals surface area contributed by atoms with Gasteiger partial charge < -0.3 is 15.7 Å². The van der Waals surface area contributed by atoms with Crippen molar-refractivity contribution in [1.29, 1.82) is 5.41 Å². The van der Waals surface area contributed by atoms with Crippen LogP contribution in [-0.4, -0.2) is 20.7 Å². The molecule has 0 aliphatic rings. The van der Waals surface area contributed by atoms with Gasteiger partial charge in [-0.1, -0.05) is 6.92 Å². The number of nitrogens with one attached hydrogen (secondary N) is 1. The summed E-state index contributed by atoms with van der Waals surface area (Å²) in [6.45, 7) is 2.13. The zero-order chi connectivity index (χ0) is 13.0. The molecular formula is C12H15N5S. The molecular weight excluding hydrogens is 246 g/mol. The van der Waals surface area contributed by atoms with Gasteiger partial charge in [0, 0.05) is 41.5 Å². The minimum Gasteiger partial charge on any atom is -0.404 e. The molecule has 0 saturated carbocycles. The fourth-order valence-electron chi connectivity index (χ4n) is 1.77. The Labute approximate surface area is 110 Å². The summed E-state index contributed by atoms with van der Waals surface area (Å²) in [7, 11) is 0. The molecule has 0 aliphatic heterocycles. The fourth-order valence-corrected chi connectivity index (χ4v) is 2.87.